The van der Waals surface area contributed by atoms with Crippen molar-refractivity contribution in [3.8, 4) is 0 Å². The summed E-state index contributed by atoms with van der Waals surface area (Å²) in [5.41, 5.74) is 0. The second kappa shape index (κ2) is 10.4. The third-order valence-corrected chi connectivity index (χ3v) is 4.10. The van der Waals surface area contributed by atoms with Gasteiger partial charge in [0, 0.05) is 25.8 Å². The van der Waals surface area contributed by atoms with Gasteiger partial charge in [-0.05, 0) is 57.2 Å². The van der Waals surface area contributed by atoms with E-state index in [0.717, 1.165) is 37.2 Å². The van der Waals surface area contributed by atoms with Crippen LogP contribution in [0.1, 0.15) is 58.8 Å². The molecule has 1 aliphatic carbocycles. The van der Waals surface area contributed by atoms with E-state index in [1.54, 1.807) is 0 Å². The number of hydrogen-bond acceptors (Lipinski definition) is 2. The first-order chi connectivity index (χ1) is 9.26. The van der Waals surface area contributed by atoms with Gasteiger partial charge in [-0.1, -0.05) is 19.8 Å². The van der Waals surface area contributed by atoms with Crippen LogP contribution in [0.4, 0.5) is 0 Å². The predicted molar refractivity (Wildman–Crippen MR) is 85.5 cm³/mol. The van der Waals surface area contributed by atoms with Crippen LogP contribution in [0.5, 0.6) is 0 Å². The average Bonchev–Trinajstić information content (AvgIpc) is 2.41. The molecule has 1 fully saturated rings. The largest absolute Gasteiger partial charge is 0.382 e. The van der Waals surface area contributed by atoms with E-state index in [0.29, 0.717) is 6.04 Å². The number of nitrogens with one attached hydrogen (secondary N) is 2. The molecule has 0 atom stereocenters. The second-order valence-corrected chi connectivity index (χ2v) is 5.87. The van der Waals surface area contributed by atoms with Crippen LogP contribution in [-0.2, 0) is 4.74 Å². The van der Waals surface area contributed by atoms with Crippen LogP contribution in [0.2, 0.25) is 0 Å². The number of thiocarbonyl (C=S) groups is 1. The Morgan fingerprint density at radius 3 is 2.58 bits per heavy atom. The molecule has 0 unspecified atom stereocenters. The summed E-state index contributed by atoms with van der Waals surface area (Å²) in [6.45, 7) is 6.81. The van der Waals surface area contributed by atoms with Crippen LogP contribution in [0.3, 0.4) is 0 Å². The first-order valence-corrected chi connectivity index (χ1v) is 8.29. The molecule has 19 heavy (non-hydrogen) atoms. The molecule has 1 saturated carbocycles. The Bertz CT molecular complexity index is 240. The summed E-state index contributed by atoms with van der Waals surface area (Å²) < 4.78 is 5.30. The van der Waals surface area contributed by atoms with Crippen LogP contribution < -0.4 is 10.6 Å². The molecule has 1 rings (SSSR count). The summed E-state index contributed by atoms with van der Waals surface area (Å²) >= 11 is 5.33. The normalized spacial score (nSPS) is 23.1. The molecule has 0 bridgehead atoms. The Morgan fingerprint density at radius 1 is 1.21 bits per heavy atom. The zero-order chi connectivity index (χ0) is 13.9. The highest BCUT2D eigenvalue weighted by Gasteiger charge is 2.20. The molecular weight excluding hydrogens is 256 g/mol. The maximum Gasteiger partial charge on any atom is 0.166 e. The van der Waals surface area contributed by atoms with Crippen molar-refractivity contribution in [3.63, 3.8) is 0 Å². The summed E-state index contributed by atoms with van der Waals surface area (Å²) in [4.78, 5) is 0. The maximum absolute atomic E-state index is 5.33. The quantitative estimate of drug-likeness (QED) is 0.530. The average molecular weight is 286 g/mol. The zero-order valence-electron chi connectivity index (χ0n) is 12.5. The number of hydrogen-bond donors (Lipinski definition) is 2. The Morgan fingerprint density at radius 2 is 1.95 bits per heavy atom. The minimum atomic E-state index is 0.583. The van der Waals surface area contributed by atoms with Gasteiger partial charge in [0.15, 0.2) is 5.11 Å². The molecule has 0 aliphatic heterocycles. The fraction of sp³-hybridized carbons (Fsp3) is 0.933. The van der Waals surface area contributed by atoms with E-state index in [9.17, 15) is 0 Å². The molecule has 0 aromatic carbocycles. The SMILES string of the molecule is CCCC1CCC(NC(=S)NCCCOCC)CC1. The number of rotatable bonds is 8. The monoisotopic (exact) mass is 286 g/mol. The van der Waals surface area contributed by atoms with Gasteiger partial charge in [0.05, 0.1) is 0 Å². The van der Waals surface area contributed by atoms with E-state index in [1.165, 1.54) is 38.5 Å². The van der Waals surface area contributed by atoms with Gasteiger partial charge in [-0.15, -0.1) is 0 Å². The highest BCUT2D eigenvalue weighted by atomic mass is 32.1. The standard InChI is InChI=1S/C15H30N2OS/c1-3-6-13-7-9-14(10-8-13)17-15(19)16-11-5-12-18-4-2/h13-14H,3-12H2,1-2H3,(H2,16,17,19). The lowest BCUT2D eigenvalue weighted by Gasteiger charge is -2.29. The van der Waals surface area contributed by atoms with Gasteiger partial charge in [0.25, 0.3) is 0 Å². The van der Waals surface area contributed by atoms with Gasteiger partial charge in [-0.3, -0.25) is 0 Å². The first kappa shape index (κ1) is 16.7. The summed E-state index contributed by atoms with van der Waals surface area (Å²) in [6.07, 6.45) is 8.99. The number of ether oxygens (including phenoxy) is 1. The lowest BCUT2D eigenvalue weighted by Crippen LogP contribution is -2.43. The third kappa shape index (κ3) is 7.73. The van der Waals surface area contributed by atoms with Gasteiger partial charge in [0.1, 0.15) is 0 Å². The van der Waals surface area contributed by atoms with Crippen LogP contribution in [0, 0.1) is 5.92 Å². The van der Waals surface area contributed by atoms with Crippen molar-refractivity contribution in [1.82, 2.24) is 10.6 Å². The Labute approximate surface area is 123 Å². The van der Waals surface area contributed by atoms with Crippen molar-refractivity contribution in [3.05, 3.63) is 0 Å². The molecule has 0 aromatic heterocycles. The Hall–Kier alpha value is -0.350. The smallest absolute Gasteiger partial charge is 0.166 e. The molecule has 0 saturated heterocycles. The summed E-state index contributed by atoms with van der Waals surface area (Å²) in [7, 11) is 0. The molecule has 112 valence electrons. The first-order valence-electron chi connectivity index (χ1n) is 7.88. The van der Waals surface area contributed by atoms with E-state index in [1.807, 2.05) is 6.92 Å². The molecular formula is C15H30N2OS. The fourth-order valence-corrected chi connectivity index (χ4v) is 3.03. The summed E-state index contributed by atoms with van der Waals surface area (Å²) in [6, 6.07) is 0.583. The molecule has 0 aromatic rings. The van der Waals surface area contributed by atoms with E-state index < -0.39 is 0 Å². The maximum atomic E-state index is 5.33. The van der Waals surface area contributed by atoms with Gasteiger partial charge in [-0.25, -0.2) is 0 Å². The topological polar surface area (TPSA) is 33.3 Å². The van der Waals surface area contributed by atoms with Crippen molar-refractivity contribution in [1.29, 1.82) is 0 Å². The lowest BCUT2D eigenvalue weighted by molar-refractivity contribution is 0.145. The molecule has 0 spiro atoms. The molecule has 0 heterocycles. The van der Waals surface area contributed by atoms with E-state index >= 15 is 0 Å². The highest BCUT2D eigenvalue weighted by Crippen LogP contribution is 2.27. The molecule has 2 N–H and O–H groups in total. The van der Waals surface area contributed by atoms with Crippen molar-refractivity contribution in [2.75, 3.05) is 19.8 Å². The second-order valence-electron chi connectivity index (χ2n) is 5.46. The van der Waals surface area contributed by atoms with Crippen LogP contribution in [0.25, 0.3) is 0 Å². The summed E-state index contributed by atoms with van der Waals surface area (Å²) in [5, 5.41) is 7.53. The Balaban J connectivity index is 2.03. The molecule has 4 heteroatoms. The Kier molecular flexibility index (Phi) is 9.18. The van der Waals surface area contributed by atoms with Crippen molar-refractivity contribution < 1.29 is 4.74 Å². The van der Waals surface area contributed by atoms with Gasteiger partial charge < -0.3 is 15.4 Å². The third-order valence-electron chi connectivity index (χ3n) is 3.83. The highest BCUT2D eigenvalue weighted by molar-refractivity contribution is 7.80. The van der Waals surface area contributed by atoms with Crippen molar-refractivity contribution >= 4 is 17.3 Å². The fourth-order valence-electron chi connectivity index (χ4n) is 2.76. The van der Waals surface area contributed by atoms with Gasteiger partial charge in [0.2, 0.25) is 0 Å². The van der Waals surface area contributed by atoms with Crippen LogP contribution in [0.15, 0.2) is 0 Å². The zero-order valence-corrected chi connectivity index (χ0v) is 13.4. The lowest BCUT2D eigenvalue weighted by atomic mass is 9.83. The summed E-state index contributed by atoms with van der Waals surface area (Å²) in [5.74, 6) is 0.954. The molecule has 0 amide bonds. The predicted octanol–water partition coefficient (Wildman–Crippen LogP) is 3.24. The minimum Gasteiger partial charge on any atom is -0.382 e. The van der Waals surface area contributed by atoms with Crippen LogP contribution in [-0.4, -0.2) is 30.9 Å². The van der Waals surface area contributed by atoms with Crippen molar-refractivity contribution in [2.24, 2.45) is 5.92 Å². The van der Waals surface area contributed by atoms with Crippen LogP contribution >= 0.6 is 12.2 Å². The van der Waals surface area contributed by atoms with Crippen molar-refractivity contribution in [2.45, 2.75) is 64.8 Å². The molecule has 1 aliphatic rings. The van der Waals surface area contributed by atoms with Gasteiger partial charge in [-0.2, -0.15) is 0 Å². The van der Waals surface area contributed by atoms with E-state index in [4.69, 9.17) is 17.0 Å². The molecule has 0 radical (unpaired) electrons. The molecule has 3 nitrogen and oxygen atoms in total. The van der Waals surface area contributed by atoms with E-state index in [2.05, 4.69) is 17.6 Å². The van der Waals surface area contributed by atoms with E-state index in [-0.39, 0.29) is 0 Å². The minimum absolute atomic E-state index is 0.583. The van der Waals surface area contributed by atoms with Gasteiger partial charge >= 0.3 is 0 Å².